The summed E-state index contributed by atoms with van der Waals surface area (Å²) in [5, 5.41) is 0. The van der Waals surface area contributed by atoms with Crippen molar-refractivity contribution in [1.29, 1.82) is 0 Å². The van der Waals surface area contributed by atoms with Gasteiger partial charge in [0.1, 0.15) is 4.60 Å². The fourth-order valence-corrected chi connectivity index (χ4v) is 2.71. The Morgan fingerprint density at radius 1 is 1.32 bits per heavy atom. The second-order valence-electron chi connectivity index (χ2n) is 4.77. The van der Waals surface area contributed by atoms with Crippen molar-refractivity contribution < 1.29 is 0 Å². The average Bonchev–Trinajstić information content (AvgIpc) is 2.87. The molecule has 0 saturated heterocycles. The molecule has 0 saturated carbocycles. The van der Waals surface area contributed by atoms with E-state index in [0.717, 1.165) is 29.2 Å². The Bertz CT molecular complexity index is 533. The lowest BCUT2D eigenvalue weighted by atomic mass is 10.0. The zero-order valence-corrected chi connectivity index (χ0v) is 13.4. The molecule has 0 radical (unpaired) electrons. The Balaban J connectivity index is 2.36. The van der Waals surface area contributed by atoms with Crippen LogP contribution in [-0.4, -0.2) is 27.5 Å². The molecule has 0 amide bonds. The van der Waals surface area contributed by atoms with Crippen LogP contribution in [0.5, 0.6) is 0 Å². The van der Waals surface area contributed by atoms with Gasteiger partial charge in [0.15, 0.2) is 11.5 Å². The van der Waals surface area contributed by atoms with Gasteiger partial charge in [-0.3, -0.25) is 0 Å². The fourth-order valence-electron chi connectivity index (χ4n) is 2.32. The van der Waals surface area contributed by atoms with E-state index in [1.165, 1.54) is 12.8 Å². The molecule has 0 atom stereocenters. The predicted octanol–water partition coefficient (Wildman–Crippen LogP) is 3.75. The topological polar surface area (TPSA) is 33.4 Å². The van der Waals surface area contributed by atoms with Gasteiger partial charge in [-0.05, 0) is 28.8 Å². The van der Waals surface area contributed by atoms with E-state index in [2.05, 4.69) is 51.6 Å². The molecule has 0 fully saturated rings. The summed E-state index contributed by atoms with van der Waals surface area (Å²) in [7, 11) is 0. The van der Waals surface area contributed by atoms with Crippen molar-refractivity contribution >= 4 is 27.4 Å². The summed E-state index contributed by atoms with van der Waals surface area (Å²) in [6, 6.07) is 0. The van der Waals surface area contributed by atoms with Crippen molar-refractivity contribution in [2.45, 2.75) is 33.6 Å². The molecule has 2 rings (SSSR count). The van der Waals surface area contributed by atoms with Gasteiger partial charge in [-0.25, -0.2) is 9.97 Å². The third-order valence-electron chi connectivity index (χ3n) is 3.64. The number of hydrogen-bond acceptors (Lipinski definition) is 3. The molecule has 0 aliphatic rings. The quantitative estimate of drug-likeness (QED) is 0.811. The minimum absolute atomic E-state index is 0.704. The van der Waals surface area contributed by atoms with E-state index < -0.39 is 0 Å². The summed E-state index contributed by atoms with van der Waals surface area (Å²) < 4.78 is 2.86. The van der Waals surface area contributed by atoms with Crippen molar-refractivity contribution in [2.75, 3.05) is 18.0 Å². The monoisotopic (exact) mass is 324 g/mol. The Labute approximate surface area is 123 Å². The van der Waals surface area contributed by atoms with E-state index in [9.17, 15) is 0 Å². The molecule has 0 bridgehead atoms. The van der Waals surface area contributed by atoms with E-state index in [1.807, 2.05) is 23.0 Å². The lowest BCUT2D eigenvalue weighted by Gasteiger charge is -2.26. The molecule has 0 spiro atoms. The van der Waals surface area contributed by atoms with Gasteiger partial charge in [0, 0.05) is 31.7 Å². The number of aromatic nitrogens is 3. The highest BCUT2D eigenvalue weighted by atomic mass is 79.9. The summed E-state index contributed by atoms with van der Waals surface area (Å²) in [4.78, 5) is 11.4. The van der Waals surface area contributed by atoms with E-state index in [4.69, 9.17) is 0 Å². The minimum atomic E-state index is 0.704. The van der Waals surface area contributed by atoms with E-state index >= 15 is 0 Å². The molecule has 0 aliphatic carbocycles. The van der Waals surface area contributed by atoms with Gasteiger partial charge >= 0.3 is 0 Å². The van der Waals surface area contributed by atoms with Gasteiger partial charge in [-0.15, -0.1) is 0 Å². The van der Waals surface area contributed by atoms with Crippen molar-refractivity contribution in [3.8, 4) is 0 Å². The summed E-state index contributed by atoms with van der Waals surface area (Å²) in [6.45, 7) is 8.66. The average molecular weight is 325 g/mol. The van der Waals surface area contributed by atoms with Crippen LogP contribution in [0.25, 0.3) is 5.65 Å². The van der Waals surface area contributed by atoms with Crippen molar-refractivity contribution in [2.24, 2.45) is 5.92 Å². The highest BCUT2D eigenvalue weighted by Gasteiger charge is 2.16. The van der Waals surface area contributed by atoms with Gasteiger partial charge in [0.2, 0.25) is 0 Å². The number of hydrogen-bond donors (Lipinski definition) is 0. The molecule has 2 heterocycles. The Kier molecular flexibility index (Phi) is 4.80. The summed E-state index contributed by atoms with van der Waals surface area (Å²) >= 11 is 3.48. The summed E-state index contributed by atoms with van der Waals surface area (Å²) in [6.07, 6.45) is 8.11. The van der Waals surface area contributed by atoms with Gasteiger partial charge in [0.05, 0.1) is 0 Å². The highest BCUT2D eigenvalue weighted by Crippen LogP contribution is 2.23. The molecule has 5 heteroatoms. The summed E-state index contributed by atoms with van der Waals surface area (Å²) in [5.41, 5.74) is 0.927. The van der Waals surface area contributed by atoms with Crippen LogP contribution in [0.3, 0.4) is 0 Å². The highest BCUT2D eigenvalue weighted by molar-refractivity contribution is 9.10. The van der Waals surface area contributed by atoms with Crippen LogP contribution in [0.2, 0.25) is 0 Å². The van der Waals surface area contributed by atoms with Crippen molar-refractivity contribution in [3.63, 3.8) is 0 Å². The van der Waals surface area contributed by atoms with Crippen molar-refractivity contribution in [3.05, 3.63) is 23.2 Å². The second-order valence-corrected chi connectivity index (χ2v) is 5.58. The van der Waals surface area contributed by atoms with Crippen LogP contribution >= 0.6 is 15.9 Å². The SMILES string of the molecule is CCC(CC)CN(CC)c1nc(Br)cn2ccnc12. The van der Waals surface area contributed by atoms with Crippen LogP contribution < -0.4 is 4.90 Å². The maximum atomic E-state index is 4.63. The van der Waals surface area contributed by atoms with Gasteiger partial charge in [-0.1, -0.05) is 26.7 Å². The molecule has 4 nitrogen and oxygen atoms in total. The third-order valence-corrected chi connectivity index (χ3v) is 4.02. The first kappa shape index (κ1) is 14.3. The first-order chi connectivity index (χ1) is 9.19. The van der Waals surface area contributed by atoms with Crippen LogP contribution in [-0.2, 0) is 0 Å². The largest absolute Gasteiger partial charge is 0.353 e. The van der Waals surface area contributed by atoms with Gasteiger partial charge in [0.25, 0.3) is 0 Å². The third kappa shape index (κ3) is 3.08. The van der Waals surface area contributed by atoms with E-state index in [-0.39, 0.29) is 0 Å². The molecule has 0 aliphatic heterocycles. The number of imidazole rings is 1. The first-order valence-electron chi connectivity index (χ1n) is 6.93. The van der Waals surface area contributed by atoms with E-state index in [1.54, 1.807) is 0 Å². The molecule has 0 unspecified atom stereocenters. The second kappa shape index (κ2) is 6.37. The molecule has 19 heavy (non-hydrogen) atoms. The molecular weight excluding hydrogens is 304 g/mol. The maximum Gasteiger partial charge on any atom is 0.180 e. The Hall–Kier alpha value is -1.10. The normalized spacial score (nSPS) is 11.4. The molecule has 2 aromatic heterocycles. The summed E-state index contributed by atoms with van der Waals surface area (Å²) in [5.74, 6) is 1.67. The van der Waals surface area contributed by atoms with Crippen LogP contribution in [0.1, 0.15) is 33.6 Å². The van der Waals surface area contributed by atoms with Crippen LogP contribution in [0.15, 0.2) is 23.2 Å². The van der Waals surface area contributed by atoms with Crippen molar-refractivity contribution in [1.82, 2.24) is 14.4 Å². The molecule has 2 aromatic rings. The number of rotatable bonds is 6. The van der Waals surface area contributed by atoms with Crippen LogP contribution in [0, 0.1) is 5.92 Å². The molecule has 0 aromatic carbocycles. The fraction of sp³-hybridized carbons (Fsp3) is 0.571. The molecule has 0 N–H and O–H groups in total. The lowest BCUT2D eigenvalue weighted by molar-refractivity contribution is 0.484. The zero-order valence-electron chi connectivity index (χ0n) is 11.8. The number of nitrogens with zero attached hydrogens (tertiary/aromatic N) is 4. The number of anilines is 1. The number of halogens is 1. The number of fused-ring (bicyclic) bond motifs is 1. The van der Waals surface area contributed by atoms with Crippen LogP contribution in [0.4, 0.5) is 5.82 Å². The lowest BCUT2D eigenvalue weighted by Crippen LogP contribution is -2.30. The predicted molar refractivity (Wildman–Crippen MR) is 82.6 cm³/mol. The maximum absolute atomic E-state index is 4.63. The minimum Gasteiger partial charge on any atom is -0.353 e. The molecular formula is C14H21BrN4. The van der Waals surface area contributed by atoms with E-state index in [0.29, 0.717) is 5.92 Å². The van der Waals surface area contributed by atoms with Gasteiger partial charge < -0.3 is 9.30 Å². The Morgan fingerprint density at radius 3 is 2.68 bits per heavy atom. The Morgan fingerprint density at radius 2 is 2.05 bits per heavy atom. The van der Waals surface area contributed by atoms with Gasteiger partial charge in [-0.2, -0.15) is 0 Å². The zero-order chi connectivity index (χ0) is 13.8. The standard InChI is InChI=1S/C14H21BrN4/c1-4-11(5-2)9-18(6-3)14-13-16-7-8-19(13)10-12(15)17-14/h7-8,10-11H,4-6,9H2,1-3H3. The molecule has 104 valence electrons. The first-order valence-corrected chi connectivity index (χ1v) is 7.73. The smallest absolute Gasteiger partial charge is 0.180 e.